The molecule has 1 aliphatic carbocycles. The summed E-state index contributed by atoms with van der Waals surface area (Å²) < 4.78 is 4.89. The normalized spacial score (nSPS) is 15.8. The lowest BCUT2D eigenvalue weighted by atomic mass is 9.88. The highest BCUT2D eigenvalue weighted by molar-refractivity contribution is 7.17. The molecule has 1 amide bonds. The van der Waals surface area contributed by atoms with Crippen LogP contribution >= 0.6 is 11.3 Å². The number of carbonyl (C=O) groups excluding carboxylic acids is 2. The SMILES string of the molecule is COC(=O)c1c(NC(=O)c2ccccc2[N+](=O)[O-])sc2c1CC[C@H](C)C2. The summed E-state index contributed by atoms with van der Waals surface area (Å²) in [5, 5.41) is 14.2. The number of fused-ring (bicyclic) bond motifs is 1. The number of ether oxygens (including phenoxy) is 1. The van der Waals surface area contributed by atoms with E-state index in [1.807, 2.05) is 0 Å². The van der Waals surface area contributed by atoms with E-state index in [9.17, 15) is 19.7 Å². The molecule has 3 rings (SSSR count). The predicted molar refractivity (Wildman–Crippen MR) is 97.9 cm³/mol. The second-order valence-electron chi connectivity index (χ2n) is 6.28. The number of nitrogens with zero attached hydrogens (tertiary/aromatic N) is 1. The van der Waals surface area contributed by atoms with E-state index in [0.717, 1.165) is 29.7 Å². The molecule has 0 bridgehead atoms. The topological polar surface area (TPSA) is 98.5 Å². The molecule has 1 aromatic carbocycles. The fourth-order valence-electron chi connectivity index (χ4n) is 3.15. The maximum absolute atomic E-state index is 12.6. The molecule has 7 nitrogen and oxygen atoms in total. The second kappa shape index (κ2) is 7.25. The highest BCUT2D eigenvalue weighted by Crippen LogP contribution is 2.40. The van der Waals surface area contributed by atoms with E-state index in [4.69, 9.17) is 4.74 Å². The Labute approximate surface area is 154 Å². The summed E-state index contributed by atoms with van der Waals surface area (Å²) >= 11 is 1.34. The third-order valence-corrected chi connectivity index (χ3v) is 5.64. The first-order chi connectivity index (χ1) is 12.4. The number of hydrogen-bond acceptors (Lipinski definition) is 6. The van der Waals surface area contributed by atoms with Gasteiger partial charge >= 0.3 is 5.97 Å². The Kier molecular flexibility index (Phi) is 5.03. The van der Waals surface area contributed by atoms with Gasteiger partial charge in [0.25, 0.3) is 11.6 Å². The van der Waals surface area contributed by atoms with Gasteiger partial charge in [-0.3, -0.25) is 14.9 Å². The molecule has 2 aromatic rings. The van der Waals surface area contributed by atoms with E-state index in [1.54, 1.807) is 6.07 Å². The van der Waals surface area contributed by atoms with Crippen molar-refractivity contribution in [2.24, 2.45) is 5.92 Å². The molecule has 0 saturated heterocycles. The van der Waals surface area contributed by atoms with Crippen LogP contribution in [0.5, 0.6) is 0 Å². The van der Waals surface area contributed by atoms with Crippen molar-refractivity contribution in [2.75, 3.05) is 12.4 Å². The van der Waals surface area contributed by atoms with Gasteiger partial charge in [0.2, 0.25) is 0 Å². The number of para-hydroxylation sites is 1. The van der Waals surface area contributed by atoms with Crippen molar-refractivity contribution in [3.05, 3.63) is 55.9 Å². The van der Waals surface area contributed by atoms with Crippen molar-refractivity contribution in [3.8, 4) is 0 Å². The zero-order chi connectivity index (χ0) is 18.8. The van der Waals surface area contributed by atoms with E-state index in [0.29, 0.717) is 16.5 Å². The Hall–Kier alpha value is -2.74. The zero-order valence-corrected chi connectivity index (χ0v) is 15.2. The standard InChI is InChI=1S/C18H18N2O5S/c1-10-7-8-12-14(9-10)26-17(15(12)18(22)25-2)19-16(21)11-5-3-4-6-13(11)20(23)24/h3-6,10H,7-9H2,1-2H3,(H,19,21)/t10-/m0/s1. The minimum absolute atomic E-state index is 0.0481. The minimum Gasteiger partial charge on any atom is -0.465 e. The maximum atomic E-state index is 12.6. The molecule has 1 heterocycles. The van der Waals surface area contributed by atoms with E-state index in [1.165, 1.54) is 36.6 Å². The van der Waals surface area contributed by atoms with Crippen LogP contribution in [0.3, 0.4) is 0 Å². The van der Waals surface area contributed by atoms with Crippen LogP contribution in [0, 0.1) is 16.0 Å². The maximum Gasteiger partial charge on any atom is 0.341 e. The van der Waals surface area contributed by atoms with Crippen LogP contribution in [-0.2, 0) is 17.6 Å². The van der Waals surface area contributed by atoms with Crippen LogP contribution in [0.25, 0.3) is 0 Å². The van der Waals surface area contributed by atoms with Gasteiger partial charge in [-0.15, -0.1) is 11.3 Å². The summed E-state index contributed by atoms with van der Waals surface area (Å²) in [6.07, 6.45) is 2.55. The first kappa shape index (κ1) is 18.1. The van der Waals surface area contributed by atoms with Gasteiger partial charge in [-0.05, 0) is 36.8 Å². The largest absolute Gasteiger partial charge is 0.465 e. The average Bonchev–Trinajstić information content (AvgIpc) is 2.97. The van der Waals surface area contributed by atoms with Gasteiger partial charge in [-0.1, -0.05) is 19.1 Å². The fraction of sp³-hybridized carbons (Fsp3) is 0.333. The third-order valence-electron chi connectivity index (χ3n) is 4.47. The highest BCUT2D eigenvalue weighted by Gasteiger charge is 2.30. The van der Waals surface area contributed by atoms with E-state index in [2.05, 4.69) is 12.2 Å². The molecule has 8 heteroatoms. The smallest absolute Gasteiger partial charge is 0.341 e. The number of thiophene rings is 1. The number of esters is 1. The van der Waals surface area contributed by atoms with Crippen molar-refractivity contribution in [3.63, 3.8) is 0 Å². The molecule has 0 radical (unpaired) electrons. The molecule has 0 spiro atoms. The van der Waals surface area contributed by atoms with E-state index >= 15 is 0 Å². The summed E-state index contributed by atoms with van der Waals surface area (Å²) in [6, 6.07) is 5.72. The summed E-state index contributed by atoms with van der Waals surface area (Å²) in [7, 11) is 1.30. The summed E-state index contributed by atoms with van der Waals surface area (Å²) in [6.45, 7) is 2.14. The molecule has 0 aliphatic heterocycles. The molecular weight excluding hydrogens is 356 g/mol. The van der Waals surface area contributed by atoms with Crippen LogP contribution in [-0.4, -0.2) is 23.9 Å². The number of benzene rings is 1. The summed E-state index contributed by atoms with van der Waals surface area (Å²) in [5.41, 5.74) is 0.955. The highest BCUT2D eigenvalue weighted by atomic mass is 32.1. The van der Waals surface area contributed by atoms with Crippen LogP contribution < -0.4 is 5.32 Å². The van der Waals surface area contributed by atoms with E-state index in [-0.39, 0.29) is 11.3 Å². The van der Waals surface area contributed by atoms with Crippen molar-refractivity contribution >= 4 is 33.9 Å². The van der Waals surface area contributed by atoms with E-state index < -0.39 is 16.8 Å². The Morgan fingerprint density at radius 1 is 1.35 bits per heavy atom. The first-order valence-corrected chi connectivity index (χ1v) is 9.01. The lowest BCUT2D eigenvalue weighted by molar-refractivity contribution is -0.385. The minimum atomic E-state index is -0.617. The molecule has 0 fully saturated rings. The number of nitro groups is 1. The van der Waals surface area contributed by atoms with Crippen molar-refractivity contribution in [1.29, 1.82) is 0 Å². The number of anilines is 1. The van der Waals surface area contributed by atoms with Gasteiger partial charge in [0, 0.05) is 10.9 Å². The van der Waals surface area contributed by atoms with Gasteiger partial charge in [-0.25, -0.2) is 4.79 Å². The molecule has 1 N–H and O–H groups in total. The van der Waals surface area contributed by atoms with Crippen molar-refractivity contribution in [2.45, 2.75) is 26.2 Å². The number of amides is 1. The zero-order valence-electron chi connectivity index (χ0n) is 14.4. The lowest BCUT2D eigenvalue weighted by Gasteiger charge is -2.18. The van der Waals surface area contributed by atoms with Gasteiger partial charge in [0.1, 0.15) is 10.6 Å². The Balaban J connectivity index is 1.99. The molecule has 1 aliphatic rings. The molecule has 26 heavy (non-hydrogen) atoms. The molecule has 0 unspecified atom stereocenters. The molecule has 136 valence electrons. The van der Waals surface area contributed by atoms with Gasteiger partial charge in [0.15, 0.2) is 0 Å². The Bertz CT molecular complexity index is 890. The number of rotatable bonds is 4. The van der Waals surface area contributed by atoms with Crippen molar-refractivity contribution < 1.29 is 19.2 Å². The summed E-state index contributed by atoms with van der Waals surface area (Å²) in [5.74, 6) is -0.616. The second-order valence-corrected chi connectivity index (χ2v) is 7.38. The first-order valence-electron chi connectivity index (χ1n) is 8.20. The van der Waals surface area contributed by atoms with Crippen LogP contribution in [0.15, 0.2) is 24.3 Å². The van der Waals surface area contributed by atoms with Crippen LogP contribution in [0.2, 0.25) is 0 Å². The van der Waals surface area contributed by atoms with Crippen LogP contribution in [0.4, 0.5) is 10.7 Å². The summed E-state index contributed by atoms with van der Waals surface area (Å²) in [4.78, 5) is 36.5. The molecule has 1 atom stereocenters. The Morgan fingerprint density at radius 3 is 2.77 bits per heavy atom. The quantitative estimate of drug-likeness (QED) is 0.498. The third kappa shape index (κ3) is 3.32. The lowest BCUT2D eigenvalue weighted by Crippen LogP contribution is -2.16. The molecular formula is C18H18N2O5S. The van der Waals surface area contributed by atoms with Gasteiger partial charge in [-0.2, -0.15) is 0 Å². The van der Waals surface area contributed by atoms with Gasteiger partial charge < -0.3 is 10.1 Å². The number of methoxy groups -OCH3 is 1. The number of nitrogens with one attached hydrogen (secondary N) is 1. The number of hydrogen-bond donors (Lipinski definition) is 1. The monoisotopic (exact) mass is 374 g/mol. The average molecular weight is 374 g/mol. The number of nitro benzene ring substituents is 1. The fourth-order valence-corrected chi connectivity index (χ4v) is 4.55. The number of carbonyl (C=O) groups is 2. The predicted octanol–water partition coefficient (Wildman–Crippen LogP) is 3.82. The Morgan fingerprint density at radius 2 is 2.08 bits per heavy atom. The molecule has 1 aromatic heterocycles. The van der Waals surface area contributed by atoms with Crippen LogP contribution in [0.1, 0.15) is 44.5 Å². The van der Waals surface area contributed by atoms with Gasteiger partial charge in [0.05, 0.1) is 17.6 Å². The molecule has 0 saturated carbocycles. The van der Waals surface area contributed by atoms with Crippen molar-refractivity contribution in [1.82, 2.24) is 0 Å².